The molecule has 118 valence electrons. The van der Waals surface area contributed by atoms with Gasteiger partial charge in [0, 0.05) is 32.2 Å². The Balaban J connectivity index is 1.99. The largest absolute Gasteiger partial charge is 0.383 e. The fourth-order valence-corrected chi connectivity index (χ4v) is 2.67. The normalized spacial score (nSPS) is 16.2. The SMILES string of the molecule is COCCNCCc1c(C)nc(C(OC)C2CC2)nc1C. The first-order valence-electron chi connectivity index (χ1n) is 7.73. The van der Waals surface area contributed by atoms with Gasteiger partial charge in [0.15, 0.2) is 5.82 Å². The van der Waals surface area contributed by atoms with E-state index in [0.717, 1.165) is 43.3 Å². The lowest BCUT2D eigenvalue weighted by Gasteiger charge is -2.17. The van der Waals surface area contributed by atoms with Crippen LogP contribution in [0.15, 0.2) is 0 Å². The number of rotatable bonds is 9. The third-order valence-electron chi connectivity index (χ3n) is 4.03. The highest BCUT2D eigenvalue weighted by Gasteiger charge is 2.34. The Morgan fingerprint density at radius 2 is 1.81 bits per heavy atom. The molecule has 5 heteroatoms. The van der Waals surface area contributed by atoms with Crippen LogP contribution in [0.1, 0.15) is 41.7 Å². The van der Waals surface area contributed by atoms with E-state index in [-0.39, 0.29) is 6.10 Å². The van der Waals surface area contributed by atoms with Gasteiger partial charge in [-0.15, -0.1) is 0 Å². The zero-order valence-corrected chi connectivity index (χ0v) is 13.6. The Morgan fingerprint density at radius 3 is 2.33 bits per heavy atom. The number of nitrogens with one attached hydrogen (secondary N) is 1. The van der Waals surface area contributed by atoms with Crippen LogP contribution in [0.25, 0.3) is 0 Å². The molecule has 1 atom stereocenters. The highest BCUT2D eigenvalue weighted by atomic mass is 16.5. The standard InChI is InChI=1S/C16H27N3O2/c1-11-14(7-8-17-9-10-20-3)12(2)19-16(18-11)15(21-4)13-5-6-13/h13,15,17H,5-10H2,1-4H3. The lowest BCUT2D eigenvalue weighted by Crippen LogP contribution is -2.23. The van der Waals surface area contributed by atoms with Crippen molar-refractivity contribution in [2.45, 2.75) is 39.2 Å². The lowest BCUT2D eigenvalue weighted by atomic mass is 10.1. The maximum Gasteiger partial charge on any atom is 0.157 e. The van der Waals surface area contributed by atoms with E-state index < -0.39 is 0 Å². The number of hydrogen-bond acceptors (Lipinski definition) is 5. The summed E-state index contributed by atoms with van der Waals surface area (Å²) in [5.41, 5.74) is 3.40. The highest BCUT2D eigenvalue weighted by molar-refractivity contribution is 5.25. The Bertz CT molecular complexity index is 438. The van der Waals surface area contributed by atoms with Crippen LogP contribution in [0.2, 0.25) is 0 Å². The van der Waals surface area contributed by atoms with Crippen LogP contribution in [-0.4, -0.2) is 43.9 Å². The fraction of sp³-hybridized carbons (Fsp3) is 0.750. The molecule has 1 fully saturated rings. The van der Waals surface area contributed by atoms with Gasteiger partial charge in [0.2, 0.25) is 0 Å². The summed E-state index contributed by atoms with van der Waals surface area (Å²) in [7, 11) is 3.47. The Morgan fingerprint density at radius 1 is 1.14 bits per heavy atom. The van der Waals surface area contributed by atoms with Crippen LogP contribution in [0, 0.1) is 19.8 Å². The van der Waals surface area contributed by atoms with Crippen molar-refractivity contribution in [3.05, 3.63) is 22.8 Å². The van der Waals surface area contributed by atoms with E-state index in [0.29, 0.717) is 5.92 Å². The zero-order valence-electron chi connectivity index (χ0n) is 13.6. The fourth-order valence-electron chi connectivity index (χ4n) is 2.67. The van der Waals surface area contributed by atoms with Gasteiger partial charge in [0.1, 0.15) is 6.10 Å². The Hall–Kier alpha value is -1.04. The molecule has 0 spiro atoms. The molecule has 21 heavy (non-hydrogen) atoms. The van der Waals surface area contributed by atoms with Gasteiger partial charge in [0.25, 0.3) is 0 Å². The van der Waals surface area contributed by atoms with Crippen LogP contribution in [0.3, 0.4) is 0 Å². The third-order valence-corrected chi connectivity index (χ3v) is 4.03. The average Bonchev–Trinajstić information content (AvgIpc) is 3.27. The molecular weight excluding hydrogens is 266 g/mol. The second-order valence-electron chi connectivity index (χ2n) is 5.72. The van der Waals surface area contributed by atoms with E-state index in [1.54, 1.807) is 14.2 Å². The Kier molecular flexibility index (Phi) is 6.08. The minimum Gasteiger partial charge on any atom is -0.383 e. The first kappa shape index (κ1) is 16.3. The molecule has 0 amide bonds. The van der Waals surface area contributed by atoms with E-state index in [2.05, 4.69) is 19.2 Å². The van der Waals surface area contributed by atoms with Crippen LogP contribution < -0.4 is 5.32 Å². The molecule has 1 unspecified atom stereocenters. The van der Waals surface area contributed by atoms with Gasteiger partial charge in [0.05, 0.1) is 6.61 Å². The molecule has 2 rings (SSSR count). The summed E-state index contributed by atoms with van der Waals surface area (Å²) in [6.45, 7) is 6.68. The number of aromatic nitrogens is 2. The summed E-state index contributed by atoms with van der Waals surface area (Å²) in [4.78, 5) is 9.39. The molecule has 0 radical (unpaired) electrons. The maximum atomic E-state index is 5.58. The van der Waals surface area contributed by atoms with Gasteiger partial charge >= 0.3 is 0 Å². The summed E-state index contributed by atoms with van der Waals surface area (Å²) >= 11 is 0. The third kappa shape index (κ3) is 4.46. The molecule has 1 heterocycles. The van der Waals surface area contributed by atoms with Gasteiger partial charge in [-0.2, -0.15) is 0 Å². The molecule has 1 aromatic heterocycles. The molecule has 1 aliphatic rings. The smallest absolute Gasteiger partial charge is 0.157 e. The van der Waals surface area contributed by atoms with E-state index >= 15 is 0 Å². The number of aryl methyl sites for hydroxylation is 2. The van der Waals surface area contributed by atoms with Crippen molar-refractivity contribution in [2.24, 2.45) is 5.92 Å². The van der Waals surface area contributed by atoms with Crippen LogP contribution in [0.5, 0.6) is 0 Å². The molecule has 1 N–H and O–H groups in total. The number of nitrogens with zero attached hydrogens (tertiary/aromatic N) is 2. The summed E-state index contributed by atoms with van der Waals surface area (Å²) in [5.74, 6) is 1.46. The minimum absolute atomic E-state index is 0.0660. The highest BCUT2D eigenvalue weighted by Crippen LogP contribution is 2.42. The van der Waals surface area contributed by atoms with Crippen LogP contribution >= 0.6 is 0 Å². The molecule has 0 saturated heterocycles. The first-order valence-corrected chi connectivity index (χ1v) is 7.73. The molecule has 1 aliphatic carbocycles. The second kappa shape index (κ2) is 7.82. The first-order chi connectivity index (χ1) is 10.2. The minimum atomic E-state index is 0.0660. The summed E-state index contributed by atoms with van der Waals surface area (Å²) in [5, 5.41) is 3.36. The molecular formula is C16H27N3O2. The molecule has 1 aromatic rings. The van der Waals surface area contributed by atoms with Crippen molar-refractivity contribution in [3.8, 4) is 0 Å². The van der Waals surface area contributed by atoms with Gasteiger partial charge in [-0.25, -0.2) is 9.97 Å². The second-order valence-corrected chi connectivity index (χ2v) is 5.72. The lowest BCUT2D eigenvalue weighted by molar-refractivity contribution is 0.0768. The monoisotopic (exact) mass is 293 g/mol. The molecule has 0 bridgehead atoms. The Labute approximate surface area is 127 Å². The summed E-state index contributed by atoms with van der Waals surface area (Å²) < 4.78 is 10.6. The van der Waals surface area contributed by atoms with E-state index in [9.17, 15) is 0 Å². The zero-order chi connectivity index (χ0) is 15.2. The summed E-state index contributed by atoms with van der Waals surface area (Å²) in [6, 6.07) is 0. The van der Waals surface area contributed by atoms with E-state index in [4.69, 9.17) is 19.4 Å². The van der Waals surface area contributed by atoms with E-state index in [1.165, 1.54) is 18.4 Å². The maximum absolute atomic E-state index is 5.58. The van der Waals surface area contributed by atoms with Gasteiger partial charge in [-0.1, -0.05) is 0 Å². The van der Waals surface area contributed by atoms with Gasteiger partial charge < -0.3 is 14.8 Å². The summed E-state index contributed by atoms with van der Waals surface area (Å²) in [6.07, 6.45) is 3.47. The molecule has 0 aromatic carbocycles. The quantitative estimate of drug-likeness (QED) is 0.705. The van der Waals surface area contributed by atoms with Crippen molar-refractivity contribution < 1.29 is 9.47 Å². The van der Waals surface area contributed by atoms with Crippen molar-refractivity contribution in [1.29, 1.82) is 0 Å². The van der Waals surface area contributed by atoms with Crippen LogP contribution in [0.4, 0.5) is 0 Å². The molecule has 5 nitrogen and oxygen atoms in total. The van der Waals surface area contributed by atoms with Crippen molar-refractivity contribution in [2.75, 3.05) is 33.9 Å². The number of ether oxygens (including phenoxy) is 2. The van der Waals surface area contributed by atoms with Crippen molar-refractivity contribution in [3.63, 3.8) is 0 Å². The number of methoxy groups -OCH3 is 2. The van der Waals surface area contributed by atoms with Crippen LogP contribution in [-0.2, 0) is 15.9 Å². The number of hydrogen-bond donors (Lipinski definition) is 1. The van der Waals surface area contributed by atoms with Gasteiger partial charge in [-0.3, -0.25) is 0 Å². The van der Waals surface area contributed by atoms with Crippen molar-refractivity contribution in [1.82, 2.24) is 15.3 Å². The predicted molar refractivity (Wildman–Crippen MR) is 82.4 cm³/mol. The topological polar surface area (TPSA) is 56.3 Å². The predicted octanol–water partition coefficient (Wildman–Crippen LogP) is 1.97. The van der Waals surface area contributed by atoms with Crippen molar-refractivity contribution >= 4 is 0 Å². The average molecular weight is 293 g/mol. The van der Waals surface area contributed by atoms with Gasteiger partial charge in [-0.05, 0) is 51.1 Å². The molecule has 0 aliphatic heterocycles. The van der Waals surface area contributed by atoms with E-state index in [1.807, 2.05) is 0 Å². The molecule has 1 saturated carbocycles.